The number of ether oxygens (including phenoxy) is 3. The molecular weight excluding hydrogens is 546 g/mol. The van der Waals surface area contributed by atoms with Crippen molar-refractivity contribution >= 4 is 34.3 Å². The third-order valence-corrected chi connectivity index (χ3v) is 6.34. The van der Waals surface area contributed by atoms with Crippen molar-refractivity contribution in [1.29, 1.82) is 0 Å². The first-order chi connectivity index (χ1) is 20.6. The topological polar surface area (TPSA) is 125 Å². The zero-order valence-electron chi connectivity index (χ0n) is 24.5. The molecule has 0 fully saturated rings. The summed E-state index contributed by atoms with van der Waals surface area (Å²) in [6.45, 7) is 7.25. The van der Waals surface area contributed by atoms with Gasteiger partial charge in [0.2, 0.25) is 5.88 Å². The molecule has 2 amide bonds. The number of amides is 2. The van der Waals surface area contributed by atoms with Crippen LogP contribution in [0, 0.1) is 6.92 Å². The number of nitrogens with one attached hydrogen (secondary N) is 2. The number of aromatic nitrogens is 3. The Labute approximate surface area is 249 Å². The van der Waals surface area contributed by atoms with Crippen molar-refractivity contribution in [2.45, 2.75) is 33.3 Å². The number of aryl methyl sites for hydroxylation is 1. The van der Waals surface area contributed by atoms with E-state index in [1.54, 1.807) is 88.7 Å². The van der Waals surface area contributed by atoms with Crippen LogP contribution in [0.15, 0.2) is 85.3 Å². The second-order valence-corrected chi connectivity index (χ2v) is 10.7. The fourth-order valence-electron chi connectivity index (χ4n) is 4.29. The van der Waals surface area contributed by atoms with Crippen LogP contribution in [0.25, 0.3) is 22.0 Å². The summed E-state index contributed by atoms with van der Waals surface area (Å²) in [4.78, 5) is 38.5. The van der Waals surface area contributed by atoms with Gasteiger partial charge in [-0.05, 0) is 87.9 Å². The molecule has 0 radical (unpaired) electrons. The Morgan fingerprint density at radius 1 is 0.814 bits per heavy atom. The highest BCUT2D eigenvalue weighted by molar-refractivity contribution is 6.07. The van der Waals surface area contributed by atoms with E-state index in [4.69, 9.17) is 14.2 Å². The number of pyridine rings is 1. The van der Waals surface area contributed by atoms with Gasteiger partial charge in [0.05, 0.1) is 18.5 Å². The van der Waals surface area contributed by atoms with E-state index >= 15 is 0 Å². The van der Waals surface area contributed by atoms with Crippen LogP contribution < -0.4 is 20.1 Å². The fraction of sp³-hybridized carbons (Fsp3) is 0.182. The Morgan fingerprint density at radius 2 is 1.53 bits per heavy atom. The molecule has 5 aromatic rings. The summed E-state index contributed by atoms with van der Waals surface area (Å²) >= 11 is 0. The van der Waals surface area contributed by atoms with Crippen molar-refractivity contribution in [3.63, 3.8) is 0 Å². The van der Waals surface area contributed by atoms with Crippen molar-refractivity contribution in [2.24, 2.45) is 0 Å². The van der Waals surface area contributed by atoms with Crippen molar-refractivity contribution in [3.05, 3.63) is 96.6 Å². The van der Waals surface area contributed by atoms with Gasteiger partial charge >= 0.3 is 6.09 Å². The zero-order valence-corrected chi connectivity index (χ0v) is 24.5. The van der Waals surface area contributed by atoms with E-state index in [0.717, 1.165) is 22.2 Å². The molecule has 10 nitrogen and oxygen atoms in total. The van der Waals surface area contributed by atoms with Gasteiger partial charge in [-0.25, -0.2) is 19.7 Å². The number of methoxy groups -OCH3 is 1. The third kappa shape index (κ3) is 7.05. The lowest BCUT2D eigenvalue weighted by Gasteiger charge is -2.20. The average Bonchev–Trinajstić information content (AvgIpc) is 2.98. The SMILES string of the molecule is COc1ccc(-c2cc(Oc3ccc(C(=O)Nc4ccccc4NC(=O)OC(C)(C)C)cc3)c3ncnc(C)c3c2)cn1. The molecule has 2 aromatic heterocycles. The van der Waals surface area contributed by atoms with E-state index in [0.29, 0.717) is 39.8 Å². The minimum Gasteiger partial charge on any atom is -0.481 e. The van der Waals surface area contributed by atoms with Gasteiger partial charge in [-0.3, -0.25) is 10.1 Å². The Morgan fingerprint density at radius 3 is 2.19 bits per heavy atom. The van der Waals surface area contributed by atoms with Crippen LogP contribution in [0.4, 0.5) is 16.2 Å². The standard InChI is InChI=1S/C33H31N5O5/c1-20-25-16-23(22-12-15-29(41-5)34-18-22)17-28(30(25)36-19-35-20)42-24-13-10-21(11-14-24)31(39)37-26-8-6-7-9-27(26)38-32(40)43-33(2,3)4/h6-19H,1-5H3,(H,37,39)(H,38,40). The summed E-state index contributed by atoms with van der Waals surface area (Å²) in [7, 11) is 1.57. The van der Waals surface area contributed by atoms with Crippen LogP contribution in [0.2, 0.25) is 0 Å². The molecule has 43 heavy (non-hydrogen) atoms. The Kier molecular flexibility index (Phi) is 8.20. The number of benzene rings is 3. The lowest BCUT2D eigenvalue weighted by atomic mass is 10.0. The first-order valence-electron chi connectivity index (χ1n) is 13.5. The number of rotatable bonds is 7. The molecule has 5 rings (SSSR count). The Hall–Kier alpha value is -5.51. The van der Waals surface area contributed by atoms with Crippen LogP contribution in [0.3, 0.4) is 0 Å². The van der Waals surface area contributed by atoms with E-state index in [-0.39, 0.29) is 5.91 Å². The van der Waals surface area contributed by atoms with Gasteiger partial charge in [-0.2, -0.15) is 0 Å². The molecule has 0 bridgehead atoms. The molecule has 0 aliphatic heterocycles. The molecule has 2 N–H and O–H groups in total. The number of hydrogen-bond acceptors (Lipinski definition) is 8. The maximum absolute atomic E-state index is 13.1. The Bertz CT molecular complexity index is 1780. The molecule has 0 saturated heterocycles. The number of hydrogen-bond donors (Lipinski definition) is 2. The predicted octanol–water partition coefficient (Wildman–Crippen LogP) is 7.40. The molecule has 0 saturated carbocycles. The first-order valence-corrected chi connectivity index (χ1v) is 13.5. The van der Waals surface area contributed by atoms with Crippen molar-refractivity contribution in [1.82, 2.24) is 15.0 Å². The summed E-state index contributed by atoms with van der Waals surface area (Å²) in [5.74, 6) is 1.22. The molecule has 2 heterocycles. The molecule has 10 heteroatoms. The summed E-state index contributed by atoms with van der Waals surface area (Å²) in [5.41, 5.74) is 3.83. The van der Waals surface area contributed by atoms with Crippen LogP contribution in [-0.2, 0) is 4.74 Å². The number of fused-ring (bicyclic) bond motifs is 1. The summed E-state index contributed by atoms with van der Waals surface area (Å²) in [6, 6.07) is 21.3. The van der Waals surface area contributed by atoms with Gasteiger partial charge in [0.15, 0.2) is 5.75 Å². The lowest BCUT2D eigenvalue weighted by Crippen LogP contribution is -2.27. The summed E-state index contributed by atoms with van der Waals surface area (Å²) in [5, 5.41) is 6.38. The summed E-state index contributed by atoms with van der Waals surface area (Å²) < 4.78 is 16.8. The zero-order chi connectivity index (χ0) is 30.6. The van der Waals surface area contributed by atoms with Gasteiger partial charge in [-0.1, -0.05) is 12.1 Å². The molecule has 0 unspecified atom stereocenters. The number of carbonyl (C=O) groups excluding carboxylic acids is 2. The van der Waals surface area contributed by atoms with Crippen LogP contribution in [-0.4, -0.2) is 39.7 Å². The van der Waals surface area contributed by atoms with Crippen molar-refractivity contribution in [3.8, 4) is 28.5 Å². The van der Waals surface area contributed by atoms with Gasteiger partial charge in [-0.15, -0.1) is 0 Å². The van der Waals surface area contributed by atoms with E-state index < -0.39 is 11.7 Å². The monoisotopic (exact) mass is 577 g/mol. The van der Waals surface area contributed by atoms with E-state index in [1.165, 1.54) is 6.33 Å². The molecule has 0 atom stereocenters. The second kappa shape index (κ2) is 12.2. The largest absolute Gasteiger partial charge is 0.481 e. The second-order valence-electron chi connectivity index (χ2n) is 10.7. The number of anilines is 2. The summed E-state index contributed by atoms with van der Waals surface area (Å²) in [6.07, 6.45) is 2.62. The molecule has 0 spiro atoms. The van der Waals surface area contributed by atoms with E-state index in [1.807, 2.05) is 25.1 Å². The molecule has 0 aliphatic rings. The fourth-order valence-corrected chi connectivity index (χ4v) is 4.29. The van der Waals surface area contributed by atoms with E-state index in [2.05, 4.69) is 25.6 Å². The molecule has 0 aliphatic carbocycles. The van der Waals surface area contributed by atoms with Gasteiger partial charge in [0, 0.05) is 34.5 Å². The highest BCUT2D eigenvalue weighted by Crippen LogP contribution is 2.35. The van der Waals surface area contributed by atoms with Gasteiger partial charge in [0.1, 0.15) is 23.2 Å². The van der Waals surface area contributed by atoms with Crippen molar-refractivity contribution in [2.75, 3.05) is 17.7 Å². The normalized spacial score (nSPS) is 11.1. The van der Waals surface area contributed by atoms with Crippen LogP contribution >= 0.6 is 0 Å². The average molecular weight is 578 g/mol. The number of nitrogens with zero attached hydrogens (tertiary/aromatic N) is 3. The van der Waals surface area contributed by atoms with Crippen LogP contribution in [0.1, 0.15) is 36.8 Å². The van der Waals surface area contributed by atoms with Gasteiger partial charge in [0.25, 0.3) is 5.91 Å². The van der Waals surface area contributed by atoms with Gasteiger partial charge < -0.3 is 19.5 Å². The minimum absolute atomic E-state index is 0.354. The van der Waals surface area contributed by atoms with Crippen molar-refractivity contribution < 1.29 is 23.8 Å². The first kappa shape index (κ1) is 29.0. The third-order valence-electron chi connectivity index (χ3n) is 6.34. The maximum atomic E-state index is 13.1. The molecule has 218 valence electrons. The molecular formula is C33H31N5O5. The minimum atomic E-state index is -0.654. The van der Waals surface area contributed by atoms with E-state index in [9.17, 15) is 9.59 Å². The maximum Gasteiger partial charge on any atom is 0.412 e. The lowest BCUT2D eigenvalue weighted by molar-refractivity contribution is 0.0635. The molecule has 3 aromatic carbocycles. The highest BCUT2D eigenvalue weighted by atomic mass is 16.6. The quantitative estimate of drug-likeness (QED) is 0.205. The predicted molar refractivity (Wildman–Crippen MR) is 165 cm³/mol. The van der Waals surface area contributed by atoms with Crippen LogP contribution in [0.5, 0.6) is 17.4 Å². The number of para-hydroxylation sites is 2. The highest BCUT2D eigenvalue weighted by Gasteiger charge is 2.18. The number of carbonyl (C=O) groups is 2. The Balaban J connectivity index is 1.36. The smallest absolute Gasteiger partial charge is 0.412 e.